The van der Waals surface area contributed by atoms with Crippen LogP contribution in [0.2, 0.25) is 0 Å². The molecule has 0 radical (unpaired) electrons. The Morgan fingerprint density at radius 3 is 2.73 bits per heavy atom. The molecule has 22 heavy (non-hydrogen) atoms. The average Bonchev–Trinajstić information content (AvgIpc) is 2.49. The minimum absolute atomic E-state index is 0. The van der Waals surface area contributed by atoms with Crippen LogP contribution in [0.25, 0.3) is 0 Å². The molecular formula is C16H28Cl2N2O2. The Balaban J connectivity index is 0.00000220. The second kappa shape index (κ2) is 13.0. The molecule has 6 heteroatoms. The predicted octanol–water partition coefficient (Wildman–Crippen LogP) is 2.74. The van der Waals surface area contributed by atoms with Crippen molar-refractivity contribution in [1.29, 1.82) is 0 Å². The molecule has 0 saturated carbocycles. The molecule has 1 aromatic rings. The van der Waals surface area contributed by atoms with Crippen LogP contribution in [0, 0.1) is 0 Å². The first-order valence-electron chi connectivity index (χ1n) is 7.61. The van der Waals surface area contributed by atoms with E-state index in [-0.39, 0.29) is 24.8 Å². The summed E-state index contributed by atoms with van der Waals surface area (Å²) >= 11 is 0. The smallest absolute Gasteiger partial charge is 0.119 e. The molecule has 0 atom stereocenters. The summed E-state index contributed by atoms with van der Waals surface area (Å²) in [5, 5.41) is 3.50. The van der Waals surface area contributed by atoms with E-state index < -0.39 is 0 Å². The molecule has 1 saturated heterocycles. The number of nitrogens with zero attached hydrogens (tertiary/aromatic N) is 1. The maximum Gasteiger partial charge on any atom is 0.119 e. The number of ether oxygens (including phenoxy) is 2. The van der Waals surface area contributed by atoms with Gasteiger partial charge in [0.2, 0.25) is 0 Å². The average molecular weight is 351 g/mol. The van der Waals surface area contributed by atoms with Gasteiger partial charge in [-0.3, -0.25) is 4.90 Å². The van der Waals surface area contributed by atoms with E-state index >= 15 is 0 Å². The lowest BCUT2D eigenvalue weighted by Crippen LogP contribution is -2.37. The van der Waals surface area contributed by atoms with E-state index in [4.69, 9.17) is 9.47 Å². The Morgan fingerprint density at radius 1 is 1.23 bits per heavy atom. The van der Waals surface area contributed by atoms with Crippen molar-refractivity contribution in [3.8, 4) is 5.75 Å². The van der Waals surface area contributed by atoms with Crippen molar-refractivity contribution in [1.82, 2.24) is 10.2 Å². The van der Waals surface area contributed by atoms with Crippen molar-refractivity contribution < 1.29 is 9.47 Å². The van der Waals surface area contributed by atoms with Gasteiger partial charge in [-0.1, -0.05) is 12.1 Å². The first kappa shape index (κ1) is 21.5. The number of halogens is 2. The molecular weight excluding hydrogens is 323 g/mol. The Bertz CT molecular complexity index is 388. The van der Waals surface area contributed by atoms with Crippen LogP contribution in [-0.2, 0) is 11.3 Å². The van der Waals surface area contributed by atoms with Crippen LogP contribution in [0.3, 0.4) is 0 Å². The zero-order chi connectivity index (χ0) is 14.0. The van der Waals surface area contributed by atoms with E-state index in [2.05, 4.69) is 28.4 Å². The molecule has 4 nitrogen and oxygen atoms in total. The Labute approximate surface area is 146 Å². The van der Waals surface area contributed by atoms with Gasteiger partial charge in [-0.25, -0.2) is 0 Å². The van der Waals surface area contributed by atoms with E-state index in [1.165, 1.54) is 12.0 Å². The van der Waals surface area contributed by atoms with Crippen LogP contribution in [0.4, 0.5) is 0 Å². The molecule has 1 aliphatic heterocycles. The van der Waals surface area contributed by atoms with Gasteiger partial charge in [0.25, 0.3) is 0 Å². The fourth-order valence-electron chi connectivity index (χ4n) is 2.40. The lowest BCUT2D eigenvalue weighted by molar-refractivity contribution is 0.0374. The fourth-order valence-corrected chi connectivity index (χ4v) is 2.40. The van der Waals surface area contributed by atoms with Crippen molar-refractivity contribution in [2.45, 2.75) is 19.9 Å². The number of benzene rings is 1. The van der Waals surface area contributed by atoms with Crippen LogP contribution in [0.15, 0.2) is 24.3 Å². The van der Waals surface area contributed by atoms with Crippen LogP contribution in [0.5, 0.6) is 5.75 Å². The summed E-state index contributed by atoms with van der Waals surface area (Å²) in [5.41, 5.74) is 1.28. The summed E-state index contributed by atoms with van der Waals surface area (Å²) in [6, 6.07) is 8.30. The highest BCUT2D eigenvalue weighted by Gasteiger charge is 2.08. The zero-order valence-electron chi connectivity index (χ0n) is 13.3. The van der Waals surface area contributed by atoms with Gasteiger partial charge >= 0.3 is 0 Å². The molecule has 0 aromatic heterocycles. The van der Waals surface area contributed by atoms with Gasteiger partial charge in [0.1, 0.15) is 5.75 Å². The Hall–Kier alpha value is -0.520. The summed E-state index contributed by atoms with van der Waals surface area (Å²) in [6.45, 7) is 9.78. The highest BCUT2D eigenvalue weighted by atomic mass is 35.5. The molecule has 1 heterocycles. The summed E-state index contributed by atoms with van der Waals surface area (Å²) in [4.78, 5) is 2.47. The van der Waals surface area contributed by atoms with Crippen LogP contribution >= 0.6 is 24.8 Å². The molecule has 128 valence electrons. The molecule has 0 amide bonds. The molecule has 1 aliphatic rings. The van der Waals surface area contributed by atoms with Gasteiger partial charge in [-0.05, 0) is 44.1 Å². The van der Waals surface area contributed by atoms with Crippen molar-refractivity contribution in [3.63, 3.8) is 0 Å². The molecule has 2 rings (SSSR count). The third kappa shape index (κ3) is 8.20. The highest BCUT2D eigenvalue weighted by molar-refractivity contribution is 5.85. The fraction of sp³-hybridized carbons (Fsp3) is 0.625. The van der Waals surface area contributed by atoms with Gasteiger partial charge in [0.15, 0.2) is 0 Å². The van der Waals surface area contributed by atoms with Gasteiger partial charge in [0.05, 0.1) is 19.8 Å². The number of hydrogen-bond acceptors (Lipinski definition) is 4. The van der Waals surface area contributed by atoms with Gasteiger partial charge < -0.3 is 14.8 Å². The predicted molar refractivity (Wildman–Crippen MR) is 95.7 cm³/mol. The van der Waals surface area contributed by atoms with Gasteiger partial charge in [0, 0.05) is 19.6 Å². The minimum Gasteiger partial charge on any atom is -0.494 e. The first-order chi connectivity index (χ1) is 9.88. The quantitative estimate of drug-likeness (QED) is 0.731. The molecule has 0 spiro atoms. The minimum atomic E-state index is 0. The highest BCUT2D eigenvalue weighted by Crippen LogP contribution is 2.12. The number of morpholine rings is 1. The Morgan fingerprint density at radius 2 is 2.00 bits per heavy atom. The normalized spacial score (nSPS) is 14.8. The Kier molecular flexibility index (Phi) is 12.7. The maximum absolute atomic E-state index is 5.51. The van der Waals surface area contributed by atoms with Crippen LogP contribution in [0.1, 0.15) is 18.9 Å². The summed E-state index contributed by atoms with van der Waals surface area (Å²) < 4.78 is 10.9. The SMILES string of the molecule is CCOc1cccc(CNCCCN2CCOCC2)c1.Cl.Cl. The number of nitrogens with one attached hydrogen (secondary N) is 1. The van der Waals surface area contributed by atoms with Gasteiger partial charge in [-0.2, -0.15) is 0 Å². The third-order valence-electron chi connectivity index (χ3n) is 3.47. The van der Waals surface area contributed by atoms with Crippen molar-refractivity contribution >= 4 is 24.8 Å². The summed E-state index contributed by atoms with van der Waals surface area (Å²) in [7, 11) is 0. The third-order valence-corrected chi connectivity index (χ3v) is 3.47. The van der Waals surface area contributed by atoms with E-state index in [0.29, 0.717) is 0 Å². The number of hydrogen-bond donors (Lipinski definition) is 1. The van der Waals surface area contributed by atoms with Crippen molar-refractivity contribution in [2.24, 2.45) is 0 Å². The van der Waals surface area contributed by atoms with E-state index in [9.17, 15) is 0 Å². The van der Waals surface area contributed by atoms with Gasteiger partial charge in [-0.15, -0.1) is 24.8 Å². The monoisotopic (exact) mass is 350 g/mol. The first-order valence-corrected chi connectivity index (χ1v) is 7.61. The van der Waals surface area contributed by atoms with Crippen LogP contribution < -0.4 is 10.1 Å². The second-order valence-corrected chi connectivity index (χ2v) is 5.06. The van der Waals surface area contributed by atoms with E-state index in [1.54, 1.807) is 0 Å². The number of rotatable bonds is 8. The molecule has 1 fully saturated rings. The maximum atomic E-state index is 5.51. The van der Waals surface area contributed by atoms with E-state index in [0.717, 1.165) is 58.3 Å². The molecule has 1 N–H and O–H groups in total. The standard InChI is InChI=1S/C16H26N2O2.2ClH/c1-2-20-16-6-3-5-15(13-16)14-17-7-4-8-18-9-11-19-12-10-18;;/h3,5-6,13,17H,2,4,7-12,14H2,1H3;2*1H. The van der Waals surface area contributed by atoms with E-state index in [1.807, 2.05) is 13.0 Å². The molecule has 0 bridgehead atoms. The molecule has 0 unspecified atom stereocenters. The summed E-state index contributed by atoms with van der Waals surface area (Å²) in [6.07, 6.45) is 1.19. The lowest BCUT2D eigenvalue weighted by atomic mass is 10.2. The van der Waals surface area contributed by atoms with Crippen molar-refractivity contribution in [3.05, 3.63) is 29.8 Å². The summed E-state index contributed by atoms with van der Waals surface area (Å²) in [5.74, 6) is 0.958. The van der Waals surface area contributed by atoms with Crippen molar-refractivity contribution in [2.75, 3.05) is 46.0 Å². The lowest BCUT2D eigenvalue weighted by Gasteiger charge is -2.26. The topological polar surface area (TPSA) is 33.7 Å². The molecule has 1 aromatic carbocycles. The largest absolute Gasteiger partial charge is 0.494 e. The second-order valence-electron chi connectivity index (χ2n) is 5.06. The zero-order valence-corrected chi connectivity index (χ0v) is 14.9. The molecule has 0 aliphatic carbocycles. The van der Waals surface area contributed by atoms with Crippen LogP contribution in [-0.4, -0.2) is 50.9 Å².